The minimum absolute atomic E-state index is 0.0160. The molecule has 1 rings (SSSR count). The van der Waals surface area contributed by atoms with Gasteiger partial charge in [0.1, 0.15) is 0 Å². The number of aliphatic hydroxyl groups excluding tert-OH is 2. The molecule has 0 atom stereocenters. The van der Waals surface area contributed by atoms with Gasteiger partial charge in [0, 0.05) is 26.6 Å². The number of aliphatic hydroxyl groups is 2. The molecule has 1 aromatic heterocycles. The third-order valence-electron chi connectivity index (χ3n) is 3.07. The van der Waals surface area contributed by atoms with Crippen molar-refractivity contribution in [3.8, 4) is 11.8 Å². The summed E-state index contributed by atoms with van der Waals surface area (Å²) in [6.07, 6.45) is 3.06. The first-order valence-corrected chi connectivity index (χ1v) is 7.98. The number of carbonyl (C=O) groups is 1. The molecule has 0 saturated heterocycles. The van der Waals surface area contributed by atoms with Gasteiger partial charge >= 0.3 is 0 Å². The highest BCUT2D eigenvalue weighted by atomic mass is 32.1. The van der Waals surface area contributed by atoms with E-state index in [0.717, 1.165) is 29.7 Å². The van der Waals surface area contributed by atoms with E-state index in [1.54, 1.807) is 11.9 Å². The van der Waals surface area contributed by atoms with Crippen LogP contribution in [0.2, 0.25) is 0 Å². The Morgan fingerprint density at radius 3 is 2.71 bits per heavy atom. The number of carbonyl (C=O) groups excluding carboxylic acids is 1. The van der Waals surface area contributed by atoms with E-state index in [0.29, 0.717) is 17.8 Å². The van der Waals surface area contributed by atoms with Gasteiger partial charge in [-0.15, -0.1) is 11.3 Å². The first-order valence-electron chi connectivity index (χ1n) is 7.16. The average molecular weight is 309 g/mol. The highest BCUT2D eigenvalue weighted by Gasteiger charge is 2.15. The first-order chi connectivity index (χ1) is 10.1. The largest absolute Gasteiger partial charge is 0.396 e. The lowest BCUT2D eigenvalue weighted by Crippen LogP contribution is -2.27. The summed E-state index contributed by atoms with van der Waals surface area (Å²) in [5, 5.41) is 17.5. The van der Waals surface area contributed by atoms with Gasteiger partial charge in [0.05, 0.1) is 16.4 Å². The van der Waals surface area contributed by atoms with Crippen molar-refractivity contribution in [2.45, 2.75) is 32.6 Å². The molecule has 0 unspecified atom stereocenters. The van der Waals surface area contributed by atoms with Gasteiger partial charge in [0.25, 0.3) is 5.91 Å². The number of unbranched alkanes of at least 4 members (excludes halogenated alkanes) is 2. The Morgan fingerprint density at radius 2 is 2.05 bits per heavy atom. The summed E-state index contributed by atoms with van der Waals surface area (Å²) >= 11 is 1.40. The van der Waals surface area contributed by atoms with Crippen LogP contribution in [0.25, 0.3) is 0 Å². The van der Waals surface area contributed by atoms with Crippen molar-refractivity contribution in [1.29, 1.82) is 0 Å². The van der Waals surface area contributed by atoms with Crippen molar-refractivity contribution in [3.05, 3.63) is 21.4 Å². The molecule has 0 aliphatic rings. The zero-order valence-corrected chi connectivity index (χ0v) is 13.5. The number of hydrogen-bond acceptors (Lipinski definition) is 4. The van der Waals surface area contributed by atoms with Crippen LogP contribution in [0.4, 0.5) is 0 Å². The monoisotopic (exact) mass is 309 g/mol. The van der Waals surface area contributed by atoms with Crippen molar-refractivity contribution in [3.63, 3.8) is 0 Å². The molecule has 5 heteroatoms. The Hall–Kier alpha value is -1.35. The third-order valence-corrected chi connectivity index (χ3v) is 4.21. The molecule has 0 fully saturated rings. The average Bonchev–Trinajstić information content (AvgIpc) is 2.84. The summed E-state index contributed by atoms with van der Waals surface area (Å²) in [5.41, 5.74) is 1.00. The van der Waals surface area contributed by atoms with E-state index in [-0.39, 0.29) is 19.1 Å². The van der Waals surface area contributed by atoms with Crippen molar-refractivity contribution < 1.29 is 15.0 Å². The lowest BCUT2D eigenvalue weighted by molar-refractivity contribution is 0.0797. The summed E-state index contributed by atoms with van der Waals surface area (Å²) in [4.78, 5) is 15.6. The number of thiophene rings is 1. The van der Waals surface area contributed by atoms with Crippen molar-refractivity contribution >= 4 is 17.2 Å². The first kappa shape index (κ1) is 17.7. The van der Waals surface area contributed by atoms with Crippen LogP contribution in [0.1, 0.15) is 45.8 Å². The van der Waals surface area contributed by atoms with Gasteiger partial charge in [-0.25, -0.2) is 0 Å². The number of rotatable bonds is 7. The molecule has 0 saturated carbocycles. The van der Waals surface area contributed by atoms with E-state index in [1.165, 1.54) is 11.3 Å². The Labute approximate surface area is 130 Å². The summed E-state index contributed by atoms with van der Waals surface area (Å²) in [7, 11) is 1.80. The van der Waals surface area contributed by atoms with E-state index in [9.17, 15) is 4.79 Å². The zero-order chi connectivity index (χ0) is 15.7. The van der Waals surface area contributed by atoms with Gasteiger partial charge < -0.3 is 15.1 Å². The number of amides is 1. The molecular weight excluding hydrogens is 286 g/mol. The lowest BCUT2D eigenvalue weighted by atomic mass is 10.2. The molecule has 1 heterocycles. The second-order valence-corrected chi connectivity index (χ2v) is 5.96. The minimum Gasteiger partial charge on any atom is -0.396 e. The molecule has 0 spiro atoms. The zero-order valence-electron chi connectivity index (χ0n) is 12.7. The molecule has 0 aromatic carbocycles. The summed E-state index contributed by atoms with van der Waals surface area (Å²) in [6.45, 7) is 2.90. The quantitative estimate of drug-likeness (QED) is 0.598. The Balaban J connectivity index is 2.62. The normalized spacial score (nSPS) is 10.1. The Bertz CT molecular complexity index is 513. The lowest BCUT2D eigenvalue weighted by Gasteiger charge is -2.15. The topological polar surface area (TPSA) is 60.8 Å². The molecule has 0 bridgehead atoms. The van der Waals surface area contributed by atoms with Crippen LogP contribution in [0.5, 0.6) is 0 Å². The van der Waals surface area contributed by atoms with Crippen molar-refractivity contribution in [2.24, 2.45) is 0 Å². The van der Waals surface area contributed by atoms with Gasteiger partial charge in [-0.1, -0.05) is 11.8 Å². The predicted molar refractivity (Wildman–Crippen MR) is 85.5 cm³/mol. The van der Waals surface area contributed by atoms with Crippen LogP contribution in [0.3, 0.4) is 0 Å². The SMILES string of the molecule is Cc1cc(C(=O)N(C)CCCCCO)sc1C#CCCO. The Morgan fingerprint density at radius 1 is 1.29 bits per heavy atom. The molecule has 21 heavy (non-hydrogen) atoms. The fourth-order valence-electron chi connectivity index (χ4n) is 1.84. The molecule has 0 radical (unpaired) electrons. The molecule has 116 valence electrons. The molecule has 0 aliphatic carbocycles. The van der Waals surface area contributed by atoms with Crippen molar-refractivity contribution in [1.82, 2.24) is 4.90 Å². The van der Waals surface area contributed by atoms with Crippen LogP contribution < -0.4 is 0 Å². The van der Waals surface area contributed by atoms with E-state index in [2.05, 4.69) is 11.8 Å². The molecule has 2 N–H and O–H groups in total. The second kappa shape index (κ2) is 9.56. The maximum absolute atomic E-state index is 12.3. The maximum atomic E-state index is 12.3. The number of hydrogen-bond donors (Lipinski definition) is 2. The summed E-state index contributed by atoms with van der Waals surface area (Å²) in [6, 6.07) is 1.88. The van der Waals surface area contributed by atoms with E-state index in [1.807, 2.05) is 13.0 Å². The fraction of sp³-hybridized carbons (Fsp3) is 0.562. The van der Waals surface area contributed by atoms with E-state index in [4.69, 9.17) is 10.2 Å². The highest BCUT2D eigenvalue weighted by Crippen LogP contribution is 2.22. The molecule has 1 amide bonds. The standard InChI is InChI=1S/C16H23NO3S/c1-13-12-15(21-14(13)8-4-7-11-19)16(20)17(2)9-5-3-6-10-18/h12,18-19H,3,5-7,9-11H2,1-2H3. The minimum atomic E-state index is 0.0160. The molecular formula is C16H23NO3S. The Kier molecular flexibility index (Phi) is 8.06. The third kappa shape index (κ3) is 5.88. The van der Waals surface area contributed by atoms with Crippen LogP contribution in [-0.2, 0) is 0 Å². The predicted octanol–water partition coefficient (Wildman–Crippen LogP) is 2.03. The van der Waals surface area contributed by atoms with Gasteiger partial charge in [-0.3, -0.25) is 4.79 Å². The maximum Gasteiger partial charge on any atom is 0.263 e. The smallest absolute Gasteiger partial charge is 0.263 e. The van der Waals surface area contributed by atoms with Crippen LogP contribution in [0, 0.1) is 18.8 Å². The fourth-order valence-corrected chi connectivity index (χ4v) is 2.88. The van der Waals surface area contributed by atoms with Crippen LogP contribution in [0.15, 0.2) is 6.07 Å². The van der Waals surface area contributed by atoms with E-state index < -0.39 is 0 Å². The van der Waals surface area contributed by atoms with Gasteiger partial charge in [-0.05, 0) is 37.8 Å². The second-order valence-electron chi connectivity index (χ2n) is 4.91. The summed E-state index contributed by atoms with van der Waals surface area (Å²) in [5.74, 6) is 5.90. The number of nitrogens with zero attached hydrogens (tertiary/aromatic N) is 1. The molecule has 1 aromatic rings. The van der Waals surface area contributed by atoms with Gasteiger partial charge in [-0.2, -0.15) is 0 Å². The molecule has 0 aliphatic heterocycles. The van der Waals surface area contributed by atoms with Gasteiger partial charge in [0.15, 0.2) is 0 Å². The van der Waals surface area contributed by atoms with Crippen LogP contribution in [-0.4, -0.2) is 47.8 Å². The highest BCUT2D eigenvalue weighted by molar-refractivity contribution is 7.14. The summed E-state index contributed by atoms with van der Waals surface area (Å²) < 4.78 is 0. The van der Waals surface area contributed by atoms with E-state index >= 15 is 0 Å². The van der Waals surface area contributed by atoms with Crippen LogP contribution >= 0.6 is 11.3 Å². The van der Waals surface area contributed by atoms with Gasteiger partial charge in [0.2, 0.25) is 0 Å². The molecule has 4 nitrogen and oxygen atoms in total. The van der Waals surface area contributed by atoms with Crippen molar-refractivity contribution in [2.75, 3.05) is 26.8 Å². The number of aryl methyl sites for hydroxylation is 1.